The number of hydrogen-bond acceptors (Lipinski definition) is 2. The van der Waals surface area contributed by atoms with Gasteiger partial charge in [0.25, 0.3) is 0 Å². The monoisotopic (exact) mass is 232 g/mol. The Morgan fingerprint density at radius 2 is 2.00 bits per heavy atom. The van der Waals surface area contributed by atoms with Crippen molar-refractivity contribution in [3.8, 4) is 0 Å². The molecule has 3 N–H and O–H groups in total. The van der Waals surface area contributed by atoms with E-state index < -0.39 is 23.8 Å². The van der Waals surface area contributed by atoms with Gasteiger partial charge in [-0.3, -0.25) is 4.90 Å². The molecule has 0 saturated heterocycles. The third-order valence-electron chi connectivity index (χ3n) is 3.04. The zero-order valence-corrected chi connectivity index (χ0v) is 10.1. The van der Waals surface area contributed by atoms with Crippen LogP contribution in [0.3, 0.4) is 0 Å². The number of amides is 1. The fourth-order valence-electron chi connectivity index (χ4n) is 2.35. The summed E-state index contributed by atoms with van der Waals surface area (Å²) in [5.74, 6) is 0. The summed E-state index contributed by atoms with van der Waals surface area (Å²) in [7, 11) is 0. The summed E-state index contributed by atoms with van der Waals surface area (Å²) >= 11 is 0. The van der Waals surface area contributed by atoms with Crippen LogP contribution in [0.15, 0.2) is 0 Å². The van der Waals surface area contributed by atoms with Gasteiger partial charge in [-0.25, -0.2) is 9.18 Å². The maximum Gasteiger partial charge on any atom is 0.408 e. The summed E-state index contributed by atoms with van der Waals surface area (Å²) < 4.78 is 13.9. The normalized spacial score (nSPS) is 31.2. The van der Waals surface area contributed by atoms with Crippen molar-refractivity contribution in [3.05, 3.63) is 0 Å². The summed E-state index contributed by atoms with van der Waals surface area (Å²) in [6.07, 6.45) is -0.767. The van der Waals surface area contributed by atoms with Crippen LogP contribution in [0.25, 0.3) is 0 Å². The second kappa shape index (κ2) is 4.57. The highest BCUT2D eigenvalue weighted by Gasteiger charge is 2.40. The van der Waals surface area contributed by atoms with Gasteiger partial charge in [-0.2, -0.15) is 0 Å². The van der Waals surface area contributed by atoms with Crippen molar-refractivity contribution in [1.29, 1.82) is 0 Å². The summed E-state index contributed by atoms with van der Waals surface area (Å²) in [5.41, 5.74) is 5.09. The lowest BCUT2D eigenvalue weighted by atomic mass is 9.87. The molecule has 0 radical (unpaired) electrons. The Hall–Kier alpha value is -0.840. The molecule has 94 valence electrons. The summed E-state index contributed by atoms with van der Waals surface area (Å²) in [5, 5.41) is 9.17. The molecule has 3 unspecified atom stereocenters. The van der Waals surface area contributed by atoms with Crippen molar-refractivity contribution < 1.29 is 14.3 Å². The Balaban J connectivity index is 2.83. The molecule has 1 rings (SSSR count). The van der Waals surface area contributed by atoms with E-state index >= 15 is 0 Å². The average molecular weight is 232 g/mol. The molecular weight excluding hydrogens is 211 g/mol. The van der Waals surface area contributed by atoms with Gasteiger partial charge in [-0.05, 0) is 40.0 Å². The lowest BCUT2D eigenvalue weighted by molar-refractivity contribution is 0.0170. The van der Waals surface area contributed by atoms with Gasteiger partial charge in [0.1, 0.15) is 6.17 Å². The molecule has 4 nitrogen and oxygen atoms in total. The van der Waals surface area contributed by atoms with Gasteiger partial charge in [-0.15, -0.1) is 0 Å². The zero-order chi connectivity index (χ0) is 12.5. The van der Waals surface area contributed by atoms with Crippen molar-refractivity contribution in [2.75, 3.05) is 0 Å². The van der Waals surface area contributed by atoms with Gasteiger partial charge in [-0.1, -0.05) is 0 Å². The largest absolute Gasteiger partial charge is 0.465 e. The molecule has 0 heterocycles. The van der Waals surface area contributed by atoms with E-state index in [0.717, 1.165) is 0 Å². The number of nitrogens with two attached hydrogens (primary N) is 1. The first-order chi connectivity index (χ1) is 7.23. The van der Waals surface area contributed by atoms with Crippen LogP contribution in [0.5, 0.6) is 0 Å². The van der Waals surface area contributed by atoms with Gasteiger partial charge in [0, 0.05) is 11.6 Å². The van der Waals surface area contributed by atoms with Crippen LogP contribution < -0.4 is 5.73 Å². The Morgan fingerprint density at radius 3 is 2.38 bits per heavy atom. The smallest absolute Gasteiger partial charge is 0.408 e. The molecule has 3 atom stereocenters. The first-order valence-electron chi connectivity index (χ1n) is 5.65. The summed E-state index contributed by atoms with van der Waals surface area (Å²) in [6, 6.07) is -0.695. The first-order valence-corrected chi connectivity index (χ1v) is 5.65. The topological polar surface area (TPSA) is 66.6 Å². The summed E-state index contributed by atoms with van der Waals surface area (Å²) in [6.45, 7) is 5.34. The minimum Gasteiger partial charge on any atom is -0.465 e. The van der Waals surface area contributed by atoms with Crippen LogP contribution in [-0.4, -0.2) is 39.9 Å². The van der Waals surface area contributed by atoms with Crippen molar-refractivity contribution >= 4 is 6.09 Å². The standard InChI is InChI=1S/C11H21FN2O2/c1-11(2,3)14(10(15)16)9-5-4-7(13)6-8(9)12/h7-9H,4-6,13H2,1-3H3,(H,15,16). The van der Waals surface area contributed by atoms with E-state index in [4.69, 9.17) is 5.73 Å². The maximum atomic E-state index is 13.9. The third-order valence-corrected chi connectivity index (χ3v) is 3.04. The van der Waals surface area contributed by atoms with Crippen LogP contribution in [0, 0.1) is 0 Å². The molecule has 0 bridgehead atoms. The molecule has 0 aliphatic heterocycles. The lowest BCUT2D eigenvalue weighted by Crippen LogP contribution is -2.57. The molecule has 1 fully saturated rings. The van der Waals surface area contributed by atoms with Crippen LogP contribution in [0.1, 0.15) is 40.0 Å². The van der Waals surface area contributed by atoms with Crippen LogP contribution in [0.4, 0.5) is 9.18 Å². The number of carbonyl (C=O) groups is 1. The zero-order valence-electron chi connectivity index (χ0n) is 10.1. The molecule has 1 aliphatic rings. The molecule has 16 heavy (non-hydrogen) atoms. The van der Waals surface area contributed by atoms with Crippen LogP contribution in [-0.2, 0) is 0 Å². The lowest BCUT2D eigenvalue weighted by Gasteiger charge is -2.43. The fraction of sp³-hybridized carbons (Fsp3) is 0.909. The van der Waals surface area contributed by atoms with Gasteiger partial charge >= 0.3 is 6.09 Å². The fourth-order valence-corrected chi connectivity index (χ4v) is 2.35. The number of carboxylic acid groups (broad SMARTS) is 1. The Bertz CT molecular complexity index is 265. The minimum absolute atomic E-state index is 0.137. The van der Waals surface area contributed by atoms with Gasteiger partial charge < -0.3 is 10.8 Å². The highest BCUT2D eigenvalue weighted by molar-refractivity contribution is 5.66. The van der Waals surface area contributed by atoms with E-state index in [1.807, 2.05) is 0 Å². The highest BCUT2D eigenvalue weighted by atomic mass is 19.1. The molecule has 0 aromatic heterocycles. The highest BCUT2D eigenvalue weighted by Crippen LogP contribution is 2.30. The molecule has 1 amide bonds. The second-order valence-electron chi connectivity index (χ2n) is 5.48. The molecule has 5 heteroatoms. The van der Waals surface area contributed by atoms with E-state index in [0.29, 0.717) is 12.8 Å². The molecule has 0 spiro atoms. The number of hydrogen-bond donors (Lipinski definition) is 2. The van der Waals surface area contributed by atoms with E-state index in [-0.39, 0.29) is 12.5 Å². The van der Waals surface area contributed by atoms with Crippen LogP contribution >= 0.6 is 0 Å². The molecule has 1 aliphatic carbocycles. The third kappa shape index (κ3) is 2.84. The number of halogens is 1. The maximum absolute atomic E-state index is 13.9. The van der Waals surface area contributed by atoms with E-state index in [2.05, 4.69) is 0 Å². The first kappa shape index (κ1) is 13.2. The van der Waals surface area contributed by atoms with Crippen molar-refractivity contribution in [1.82, 2.24) is 4.90 Å². The Kier molecular flexibility index (Phi) is 3.78. The van der Waals surface area contributed by atoms with E-state index in [1.54, 1.807) is 20.8 Å². The Labute approximate surface area is 95.6 Å². The van der Waals surface area contributed by atoms with E-state index in [1.165, 1.54) is 4.90 Å². The molecule has 1 saturated carbocycles. The SMILES string of the molecule is CC(C)(C)N(C(=O)O)C1CCC(N)CC1F. The van der Waals surface area contributed by atoms with Crippen LogP contribution in [0.2, 0.25) is 0 Å². The van der Waals surface area contributed by atoms with Crippen molar-refractivity contribution in [2.24, 2.45) is 5.73 Å². The number of rotatable bonds is 1. The number of alkyl halides is 1. The molecular formula is C11H21FN2O2. The second-order valence-corrected chi connectivity index (χ2v) is 5.48. The van der Waals surface area contributed by atoms with Crippen molar-refractivity contribution in [2.45, 2.75) is 63.8 Å². The predicted octanol–water partition coefficient (Wildman–Crippen LogP) is 1.98. The Morgan fingerprint density at radius 1 is 1.44 bits per heavy atom. The summed E-state index contributed by atoms with van der Waals surface area (Å²) in [4.78, 5) is 12.4. The van der Waals surface area contributed by atoms with Gasteiger partial charge in [0.15, 0.2) is 0 Å². The molecule has 0 aromatic rings. The molecule has 0 aromatic carbocycles. The number of nitrogens with zero attached hydrogens (tertiary/aromatic N) is 1. The van der Waals surface area contributed by atoms with Crippen molar-refractivity contribution in [3.63, 3.8) is 0 Å². The predicted molar refractivity (Wildman–Crippen MR) is 60.1 cm³/mol. The van der Waals surface area contributed by atoms with Gasteiger partial charge in [0.2, 0.25) is 0 Å². The van der Waals surface area contributed by atoms with Gasteiger partial charge in [0.05, 0.1) is 6.04 Å². The average Bonchev–Trinajstić information content (AvgIpc) is 2.06. The van der Waals surface area contributed by atoms with E-state index in [9.17, 15) is 14.3 Å². The minimum atomic E-state index is -1.15. The quantitative estimate of drug-likeness (QED) is 0.726.